The molecule has 1 aromatic rings. The van der Waals surface area contributed by atoms with Crippen LogP contribution in [0.2, 0.25) is 0 Å². The van der Waals surface area contributed by atoms with E-state index in [0.29, 0.717) is 12.2 Å². The zero-order valence-corrected chi connectivity index (χ0v) is 11.7. The molecule has 1 aliphatic heterocycles. The van der Waals surface area contributed by atoms with Crippen LogP contribution in [0.3, 0.4) is 0 Å². The smallest absolute Gasteiger partial charge is 0.410 e. The number of aryl methyl sites for hydroxylation is 1. The van der Waals surface area contributed by atoms with Gasteiger partial charge in [-0.15, -0.1) is 0 Å². The van der Waals surface area contributed by atoms with Crippen LogP contribution >= 0.6 is 0 Å². The third kappa shape index (κ3) is 3.23. The van der Waals surface area contributed by atoms with Crippen molar-refractivity contribution >= 4 is 6.09 Å². The largest absolute Gasteiger partial charge is 0.444 e. The Balaban J connectivity index is 2.03. The van der Waals surface area contributed by atoms with E-state index in [1.165, 1.54) is 9.70 Å². The molecule has 0 bridgehead atoms. The van der Waals surface area contributed by atoms with Gasteiger partial charge in [-0.3, -0.25) is 0 Å². The molecule has 7 heteroatoms. The molecule has 1 aromatic heterocycles. The molecule has 0 saturated carbocycles. The average molecular weight is 268 g/mol. The van der Waals surface area contributed by atoms with Crippen molar-refractivity contribution in [2.24, 2.45) is 7.05 Å². The Morgan fingerprint density at radius 3 is 2.68 bits per heavy atom. The summed E-state index contributed by atoms with van der Waals surface area (Å²) in [5.41, 5.74) is 0.160. The van der Waals surface area contributed by atoms with Gasteiger partial charge in [0.25, 0.3) is 0 Å². The lowest BCUT2D eigenvalue weighted by molar-refractivity contribution is 0.0270. The van der Waals surface area contributed by atoms with Crippen molar-refractivity contribution < 1.29 is 14.6 Å². The Kier molecular flexibility index (Phi) is 3.49. The Labute approximate surface area is 112 Å². The minimum atomic E-state index is -0.635. The Bertz CT molecular complexity index is 466. The summed E-state index contributed by atoms with van der Waals surface area (Å²) < 4.78 is 5.29. The highest BCUT2D eigenvalue weighted by Crippen LogP contribution is 2.27. The van der Waals surface area contributed by atoms with Gasteiger partial charge in [-0.25, -0.2) is 4.79 Å². The molecular formula is C12H20N4O3. The number of aromatic nitrogens is 3. The minimum absolute atomic E-state index is 0.207. The van der Waals surface area contributed by atoms with Gasteiger partial charge in [0.2, 0.25) is 0 Å². The van der Waals surface area contributed by atoms with E-state index in [9.17, 15) is 9.90 Å². The summed E-state index contributed by atoms with van der Waals surface area (Å²) in [7, 11) is 1.72. The van der Waals surface area contributed by atoms with Crippen LogP contribution in [-0.2, 0) is 11.8 Å². The Morgan fingerprint density at radius 1 is 1.47 bits per heavy atom. The summed E-state index contributed by atoms with van der Waals surface area (Å²) in [6.45, 7) is 6.11. The molecule has 0 aliphatic carbocycles. The first kappa shape index (κ1) is 13.8. The highest BCUT2D eigenvalue weighted by Gasteiger charge is 2.38. The van der Waals surface area contributed by atoms with Crippen molar-refractivity contribution in [3.8, 4) is 0 Å². The second kappa shape index (κ2) is 4.80. The lowest BCUT2D eigenvalue weighted by Crippen LogP contribution is -2.35. The summed E-state index contributed by atoms with van der Waals surface area (Å²) in [5.74, 6) is -0.207. The van der Waals surface area contributed by atoms with Gasteiger partial charge in [0.15, 0.2) is 0 Å². The summed E-state index contributed by atoms with van der Waals surface area (Å²) in [4.78, 5) is 14.9. The van der Waals surface area contributed by atoms with Crippen LogP contribution in [0.15, 0.2) is 6.20 Å². The molecule has 106 valence electrons. The van der Waals surface area contributed by atoms with E-state index >= 15 is 0 Å². The third-order valence-electron chi connectivity index (χ3n) is 2.94. The van der Waals surface area contributed by atoms with Crippen molar-refractivity contribution in [1.29, 1.82) is 0 Å². The van der Waals surface area contributed by atoms with Crippen LogP contribution in [0.25, 0.3) is 0 Å². The summed E-state index contributed by atoms with van der Waals surface area (Å²) in [6.07, 6.45) is 0.578. The highest BCUT2D eigenvalue weighted by molar-refractivity contribution is 5.68. The molecule has 7 nitrogen and oxygen atoms in total. The number of carbonyl (C=O) groups is 1. The van der Waals surface area contributed by atoms with Crippen molar-refractivity contribution in [3.05, 3.63) is 11.9 Å². The number of amides is 1. The quantitative estimate of drug-likeness (QED) is 0.802. The van der Waals surface area contributed by atoms with E-state index in [0.717, 1.165) is 0 Å². The molecule has 19 heavy (non-hydrogen) atoms. The summed E-state index contributed by atoms with van der Waals surface area (Å²) >= 11 is 0. The van der Waals surface area contributed by atoms with Gasteiger partial charge in [0.05, 0.1) is 30.5 Å². The lowest BCUT2D eigenvalue weighted by atomic mass is 10.0. The maximum atomic E-state index is 11.9. The number of hydrogen-bond donors (Lipinski definition) is 1. The molecule has 0 spiro atoms. The first-order chi connectivity index (χ1) is 8.76. The molecule has 2 heterocycles. The lowest BCUT2D eigenvalue weighted by Gasteiger charge is -2.24. The zero-order valence-electron chi connectivity index (χ0n) is 11.7. The van der Waals surface area contributed by atoms with Crippen LogP contribution in [0, 0.1) is 0 Å². The van der Waals surface area contributed by atoms with E-state index in [1.54, 1.807) is 13.2 Å². The summed E-state index contributed by atoms with van der Waals surface area (Å²) in [5, 5.41) is 18.2. The number of nitrogens with zero attached hydrogens (tertiary/aromatic N) is 4. The molecule has 0 radical (unpaired) electrons. The monoisotopic (exact) mass is 268 g/mol. The first-order valence-corrected chi connectivity index (χ1v) is 6.28. The number of rotatable bonds is 1. The number of β-amino-alcohol motifs (C(OH)–C–C–N with tert-alkyl or cyclic N) is 1. The second-order valence-electron chi connectivity index (χ2n) is 5.82. The zero-order chi connectivity index (χ0) is 14.2. The van der Waals surface area contributed by atoms with Gasteiger partial charge in [-0.1, -0.05) is 0 Å². The van der Waals surface area contributed by atoms with Crippen LogP contribution in [-0.4, -0.2) is 55.9 Å². The molecule has 1 fully saturated rings. The van der Waals surface area contributed by atoms with E-state index in [2.05, 4.69) is 10.2 Å². The topological polar surface area (TPSA) is 80.5 Å². The molecule has 2 rings (SSSR count). The summed E-state index contributed by atoms with van der Waals surface area (Å²) in [6, 6.07) is 0. The van der Waals surface area contributed by atoms with Gasteiger partial charge in [0, 0.05) is 13.6 Å². The third-order valence-corrected chi connectivity index (χ3v) is 2.94. The maximum absolute atomic E-state index is 11.9. The van der Waals surface area contributed by atoms with Gasteiger partial charge in [0.1, 0.15) is 5.60 Å². The Hall–Kier alpha value is -1.63. The normalized spacial score (nSPS) is 23.7. The van der Waals surface area contributed by atoms with Gasteiger partial charge < -0.3 is 14.7 Å². The standard InChI is InChI=1S/C12H20N4O3/c1-12(2,3)19-11(18)16-6-8(10(17)7-16)9-5-13-15(4)14-9/h5,8,10,17H,6-7H2,1-4H3. The Morgan fingerprint density at radius 2 is 2.16 bits per heavy atom. The van der Waals surface area contributed by atoms with E-state index in [1.807, 2.05) is 20.8 Å². The maximum Gasteiger partial charge on any atom is 0.410 e. The average Bonchev–Trinajstić information content (AvgIpc) is 2.82. The number of hydrogen-bond acceptors (Lipinski definition) is 5. The fourth-order valence-electron chi connectivity index (χ4n) is 2.08. The van der Waals surface area contributed by atoms with Crippen molar-refractivity contribution in [2.45, 2.75) is 38.4 Å². The van der Waals surface area contributed by atoms with Gasteiger partial charge in [-0.05, 0) is 20.8 Å². The molecular weight excluding hydrogens is 248 g/mol. The van der Waals surface area contributed by atoms with E-state index in [4.69, 9.17) is 4.74 Å². The molecule has 1 aliphatic rings. The molecule has 1 N–H and O–H groups in total. The number of likely N-dealkylation sites (tertiary alicyclic amines) is 1. The van der Waals surface area contributed by atoms with Crippen LogP contribution < -0.4 is 0 Å². The minimum Gasteiger partial charge on any atom is -0.444 e. The van der Waals surface area contributed by atoms with Crippen molar-refractivity contribution in [3.63, 3.8) is 0 Å². The second-order valence-corrected chi connectivity index (χ2v) is 5.82. The van der Waals surface area contributed by atoms with Crippen LogP contribution in [0.1, 0.15) is 32.4 Å². The number of ether oxygens (including phenoxy) is 1. The van der Waals surface area contributed by atoms with Gasteiger partial charge >= 0.3 is 6.09 Å². The molecule has 1 amide bonds. The SMILES string of the molecule is Cn1ncc(C2CN(C(=O)OC(C)(C)C)CC2O)n1. The highest BCUT2D eigenvalue weighted by atomic mass is 16.6. The van der Waals surface area contributed by atoms with Crippen LogP contribution in [0.4, 0.5) is 4.79 Å². The molecule has 1 saturated heterocycles. The van der Waals surface area contributed by atoms with Crippen molar-refractivity contribution in [1.82, 2.24) is 19.9 Å². The predicted octanol–water partition coefficient (Wildman–Crippen LogP) is 0.510. The fraction of sp³-hybridized carbons (Fsp3) is 0.750. The number of carbonyl (C=O) groups excluding carboxylic acids is 1. The van der Waals surface area contributed by atoms with Gasteiger partial charge in [-0.2, -0.15) is 15.0 Å². The van der Waals surface area contributed by atoms with E-state index < -0.39 is 17.8 Å². The number of aliphatic hydroxyl groups is 1. The molecule has 2 unspecified atom stereocenters. The predicted molar refractivity (Wildman–Crippen MR) is 67.6 cm³/mol. The fourth-order valence-corrected chi connectivity index (χ4v) is 2.08. The van der Waals surface area contributed by atoms with Crippen molar-refractivity contribution in [2.75, 3.05) is 13.1 Å². The van der Waals surface area contributed by atoms with E-state index in [-0.39, 0.29) is 12.5 Å². The van der Waals surface area contributed by atoms with Crippen LogP contribution in [0.5, 0.6) is 0 Å². The first-order valence-electron chi connectivity index (χ1n) is 6.28. The molecule has 0 aromatic carbocycles. The number of aliphatic hydroxyl groups excluding tert-OH is 1. The molecule has 2 atom stereocenters.